The van der Waals surface area contributed by atoms with Crippen LogP contribution >= 0.6 is 24.0 Å². The number of thioether (sulfide) groups is 1. The second kappa shape index (κ2) is 5.40. The van der Waals surface area contributed by atoms with Crippen molar-refractivity contribution in [2.75, 3.05) is 17.6 Å². The van der Waals surface area contributed by atoms with Gasteiger partial charge in [0.25, 0.3) is 0 Å². The number of thiocarbonyl (C=S) groups is 1. The van der Waals surface area contributed by atoms with Crippen molar-refractivity contribution in [3.05, 3.63) is 17.6 Å². The molecule has 1 fully saturated rings. The Morgan fingerprint density at radius 2 is 2.44 bits per heavy atom. The van der Waals surface area contributed by atoms with Crippen LogP contribution in [0.2, 0.25) is 0 Å². The SMILES string of the molecule is Cc1ncc(C(N)=S)c(NCC2(C)CCCS2)n1. The highest BCUT2D eigenvalue weighted by molar-refractivity contribution is 8.00. The van der Waals surface area contributed by atoms with E-state index in [1.165, 1.54) is 18.6 Å². The molecule has 0 aromatic carbocycles. The van der Waals surface area contributed by atoms with Crippen LogP contribution in [0, 0.1) is 6.92 Å². The van der Waals surface area contributed by atoms with Gasteiger partial charge >= 0.3 is 0 Å². The molecular formula is C12H18N4S2. The van der Waals surface area contributed by atoms with E-state index >= 15 is 0 Å². The van der Waals surface area contributed by atoms with E-state index in [0.717, 1.165) is 23.8 Å². The minimum atomic E-state index is 0.284. The summed E-state index contributed by atoms with van der Waals surface area (Å²) in [6, 6.07) is 0. The molecule has 6 heteroatoms. The maximum absolute atomic E-state index is 5.69. The van der Waals surface area contributed by atoms with E-state index < -0.39 is 0 Å². The van der Waals surface area contributed by atoms with Gasteiger partial charge in [-0.2, -0.15) is 11.8 Å². The molecule has 0 aliphatic carbocycles. The van der Waals surface area contributed by atoms with Crippen molar-refractivity contribution >= 4 is 34.8 Å². The molecule has 0 bridgehead atoms. The molecule has 1 aliphatic rings. The summed E-state index contributed by atoms with van der Waals surface area (Å²) in [7, 11) is 0. The van der Waals surface area contributed by atoms with Gasteiger partial charge in [0.05, 0.1) is 5.56 Å². The second-order valence-electron chi connectivity index (χ2n) is 4.80. The fraction of sp³-hybridized carbons (Fsp3) is 0.583. The average molecular weight is 282 g/mol. The fourth-order valence-electron chi connectivity index (χ4n) is 2.03. The second-order valence-corrected chi connectivity index (χ2v) is 6.92. The van der Waals surface area contributed by atoms with Crippen LogP contribution in [-0.2, 0) is 0 Å². The van der Waals surface area contributed by atoms with Gasteiger partial charge in [-0.05, 0) is 32.4 Å². The van der Waals surface area contributed by atoms with E-state index in [0.29, 0.717) is 4.99 Å². The third-order valence-electron chi connectivity index (χ3n) is 3.10. The van der Waals surface area contributed by atoms with Crippen LogP contribution in [0.15, 0.2) is 6.20 Å². The van der Waals surface area contributed by atoms with E-state index in [4.69, 9.17) is 18.0 Å². The summed E-state index contributed by atoms with van der Waals surface area (Å²) in [6.45, 7) is 5.02. The zero-order valence-electron chi connectivity index (χ0n) is 10.7. The number of hydrogen-bond acceptors (Lipinski definition) is 5. The monoisotopic (exact) mass is 282 g/mol. The smallest absolute Gasteiger partial charge is 0.140 e. The largest absolute Gasteiger partial charge is 0.389 e. The molecule has 1 aliphatic heterocycles. The van der Waals surface area contributed by atoms with E-state index in [1.54, 1.807) is 6.20 Å². The Morgan fingerprint density at radius 3 is 3.06 bits per heavy atom. The molecule has 1 atom stereocenters. The number of hydrogen-bond donors (Lipinski definition) is 2. The minimum absolute atomic E-state index is 0.284. The lowest BCUT2D eigenvalue weighted by atomic mass is 10.1. The molecular weight excluding hydrogens is 264 g/mol. The van der Waals surface area contributed by atoms with Crippen molar-refractivity contribution in [2.24, 2.45) is 5.73 Å². The molecule has 1 aromatic heterocycles. The van der Waals surface area contributed by atoms with Gasteiger partial charge in [-0.1, -0.05) is 12.2 Å². The van der Waals surface area contributed by atoms with Gasteiger partial charge in [-0.15, -0.1) is 0 Å². The molecule has 1 saturated heterocycles. The summed E-state index contributed by atoms with van der Waals surface area (Å²) in [5.41, 5.74) is 6.41. The lowest BCUT2D eigenvalue weighted by Gasteiger charge is -2.23. The van der Waals surface area contributed by atoms with Crippen LogP contribution in [0.4, 0.5) is 5.82 Å². The molecule has 98 valence electrons. The summed E-state index contributed by atoms with van der Waals surface area (Å²) in [4.78, 5) is 8.86. The topological polar surface area (TPSA) is 63.8 Å². The van der Waals surface area contributed by atoms with Crippen molar-refractivity contribution in [2.45, 2.75) is 31.4 Å². The lowest BCUT2D eigenvalue weighted by Crippen LogP contribution is -2.28. The molecule has 2 rings (SSSR count). The number of nitrogens with zero attached hydrogens (tertiary/aromatic N) is 2. The quantitative estimate of drug-likeness (QED) is 0.825. The van der Waals surface area contributed by atoms with Gasteiger partial charge in [-0.25, -0.2) is 9.97 Å². The first-order valence-corrected chi connectivity index (χ1v) is 7.41. The van der Waals surface area contributed by atoms with Gasteiger partial charge in [0.15, 0.2) is 0 Å². The first kappa shape index (κ1) is 13.5. The van der Waals surface area contributed by atoms with Gasteiger partial charge in [-0.3, -0.25) is 0 Å². The Balaban J connectivity index is 2.12. The predicted octanol–water partition coefficient (Wildman–Crippen LogP) is 2.12. The summed E-state index contributed by atoms with van der Waals surface area (Å²) in [5, 5.41) is 3.38. The summed E-state index contributed by atoms with van der Waals surface area (Å²) >= 11 is 7.03. The third kappa shape index (κ3) is 3.11. The molecule has 2 heterocycles. The molecule has 0 amide bonds. The van der Waals surface area contributed by atoms with E-state index in [-0.39, 0.29) is 4.75 Å². The highest BCUT2D eigenvalue weighted by Gasteiger charge is 2.29. The van der Waals surface area contributed by atoms with E-state index in [1.807, 2.05) is 18.7 Å². The number of rotatable bonds is 4. The number of aromatic nitrogens is 2. The van der Waals surface area contributed by atoms with Crippen LogP contribution in [-0.4, -0.2) is 32.0 Å². The van der Waals surface area contributed by atoms with Crippen LogP contribution in [0.1, 0.15) is 31.2 Å². The molecule has 3 N–H and O–H groups in total. The fourth-order valence-corrected chi connectivity index (χ4v) is 3.43. The Morgan fingerprint density at radius 1 is 1.67 bits per heavy atom. The molecule has 1 aromatic rings. The van der Waals surface area contributed by atoms with Gasteiger partial charge < -0.3 is 11.1 Å². The number of nitrogens with one attached hydrogen (secondary N) is 1. The molecule has 4 nitrogen and oxygen atoms in total. The van der Waals surface area contributed by atoms with Crippen LogP contribution in [0.5, 0.6) is 0 Å². The molecule has 0 saturated carbocycles. The Labute approximate surface area is 117 Å². The highest BCUT2D eigenvalue weighted by Crippen LogP contribution is 2.37. The minimum Gasteiger partial charge on any atom is -0.389 e. The molecule has 0 spiro atoms. The Hall–Kier alpha value is -0.880. The first-order chi connectivity index (χ1) is 8.50. The van der Waals surface area contributed by atoms with Gasteiger partial charge in [0.2, 0.25) is 0 Å². The summed E-state index contributed by atoms with van der Waals surface area (Å²) in [5.74, 6) is 2.72. The number of anilines is 1. The van der Waals surface area contributed by atoms with Crippen LogP contribution in [0.25, 0.3) is 0 Å². The highest BCUT2D eigenvalue weighted by atomic mass is 32.2. The van der Waals surface area contributed by atoms with Crippen LogP contribution < -0.4 is 11.1 Å². The van der Waals surface area contributed by atoms with Crippen molar-refractivity contribution in [3.8, 4) is 0 Å². The zero-order valence-corrected chi connectivity index (χ0v) is 12.3. The van der Waals surface area contributed by atoms with Crippen LogP contribution in [0.3, 0.4) is 0 Å². The van der Waals surface area contributed by atoms with Crippen molar-refractivity contribution < 1.29 is 0 Å². The van der Waals surface area contributed by atoms with Crippen molar-refractivity contribution in [3.63, 3.8) is 0 Å². The summed E-state index contributed by atoms with van der Waals surface area (Å²) < 4.78 is 0.284. The van der Waals surface area contributed by atoms with Crippen molar-refractivity contribution in [1.29, 1.82) is 0 Å². The average Bonchev–Trinajstić information content (AvgIpc) is 2.74. The Bertz CT molecular complexity index is 455. The van der Waals surface area contributed by atoms with Gasteiger partial charge in [0, 0.05) is 17.5 Å². The zero-order chi connectivity index (χ0) is 13.2. The Kier molecular flexibility index (Phi) is 4.07. The maximum atomic E-state index is 5.69. The van der Waals surface area contributed by atoms with Crippen molar-refractivity contribution in [1.82, 2.24) is 9.97 Å². The molecule has 0 radical (unpaired) electrons. The molecule has 1 unspecified atom stereocenters. The lowest BCUT2D eigenvalue weighted by molar-refractivity contribution is 0.633. The standard InChI is InChI=1S/C12H18N4S2/c1-8-14-6-9(10(13)17)11(16-8)15-7-12(2)4-3-5-18-12/h6H,3-5,7H2,1-2H3,(H2,13,17)(H,14,15,16). The number of nitrogens with two attached hydrogens (primary N) is 1. The van der Waals surface area contributed by atoms with Gasteiger partial charge in [0.1, 0.15) is 16.6 Å². The number of aryl methyl sites for hydroxylation is 1. The normalized spacial score (nSPS) is 23.0. The van der Waals surface area contributed by atoms with E-state index in [2.05, 4.69) is 22.2 Å². The summed E-state index contributed by atoms with van der Waals surface area (Å²) in [6.07, 6.45) is 4.21. The maximum Gasteiger partial charge on any atom is 0.140 e. The van der Waals surface area contributed by atoms with E-state index in [9.17, 15) is 0 Å². The third-order valence-corrected chi connectivity index (χ3v) is 4.86. The molecule has 18 heavy (non-hydrogen) atoms. The first-order valence-electron chi connectivity index (χ1n) is 6.01. The predicted molar refractivity (Wildman–Crippen MR) is 81.2 cm³/mol.